The maximum absolute atomic E-state index is 12.1. The van der Waals surface area contributed by atoms with Gasteiger partial charge in [-0.3, -0.25) is 0 Å². The van der Waals surface area contributed by atoms with Crippen LogP contribution in [0.2, 0.25) is 0 Å². The lowest BCUT2D eigenvalue weighted by Crippen LogP contribution is -2.04. The Hall–Kier alpha value is -9.34. The summed E-state index contributed by atoms with van der Waals surface area (Å²) in [6.45, 7) is 1.88. The molecule has 0 fully saturated rings. The molecule has 0 radical (unpaired) electrons. The average molecular weight is 881 g/mol. The zero-order chi connectivity index (χ0) is 45.9. The van der Waals surface area contributed by atoms with Crippen molar-refractivity contribution in [3.8, 4) is 61.4 Å². The number of rotatable bonds is 2. The summed E-state index contributed by atoms with van der Waals surface area (Å²) in [4.78, 5) is 28.3. The number of aliphatic hydroxyl groups is 2. The van der Waals surface area contributed by atoms with Crippen LogP contribution in [0.5, 0.6) is 5.75 Å². The van der Waals surface area contributed by atoms with Gasteiger partial charge in [-0.25, -0.2) is 20.0 Å². The second kappa shape index (κ2) is 16.3. The van der Waals surface area contributed by atoms with Crippen molar-refractivity contribution in [3.63, 3.8) is 0 Å². The first-order chi connectivity index (χ1) is 33.4. The molecule has 0 atom stereocenters. The van der Waals surface area contributed by atoms with Crippen molar-refractivity contribution >= 4 is 69.5 Å². The minimum absolute atomic E-state index is 0.141. The number of aliphatic imine (C=N–C) groups is 2. The van der Waals surface area contributed by atoms with E-state index in [9.17, 15) is 15.3 Å². The number of aromatic nitrogens is 4. The van der Waals surface area contributed by atoms with Crippen molar-refractivity contribution in [1.29, 1.82) is 0 Å². The molecule has 14 bridgehead atoms. The van der Waals surface area contributed by atoms with Crippen molar-refractivity contribution in [1.82, 2.24) is 19.9 Å². The van der Waals surface area contributed by atoms with Gasteiger partial charge in [0.05, 0.1) is 39.7 Å². The predicted octanol–water partition coefficient (Wildman–Crippen LogP) is 14.6. The highest BCUT2D eigenvalue weighted by atomic mass is 16.3. The molecule has 13 rings (SSSR count). The second-order valence-electron chi connectivity index (χ2n) is 16.8. The van der Waals surface area contributed by atoms with E-state index in [1.165, 1.54) is 0 Å². The lowest BCUT2D eigenvalue weighted by atomic mass is 9.94. The summed E-state index contributed by atoms with van der Waals surface area (Å²) >= 11 is 0. The summed E-state index contributed by atoms with van der Waals surface area (Å²) in [6.07, 6.45) is 8.13. The van der Waals surface area contributed by atoms with Crippen LogP contribution in [0.25, 0.3) is 102 Å². The van der Waals surface area contributed by atoms with Crippen LogP contribution in [-0.2, 0) is 0 Å². The molecule has 68 heavy (non-hydrogen) atoms. The number of aromatic amines is 2. The molecule has 7 heterocycles. The maximum Gasteiger partial charge on any atom is 0.222 e. The van der Waals surface area contributed by atoms with Gasteiger partial charge in [0.2, 0.25) is 11.8 Å². The molecule has 3 aromatic heterocycles. The van der Waals surface area contributed by atoms with Gasteiger partial charge in [0.25, 0.3) is 0 Å². The first-order valence-corrected chi connectivity index (χ1v) is 22.3. The number of phenolic OH excluding ortho intramolecular Hbond substituents is 1. The van der Waals surface area contributed by atoms with Crippen LogP contribution >= 0.6 is 0 Å². The second-order valence-corrected chi connectivity index (χ2v) is 16.8. The number of phenols is 1. The summed E-state index contributed by atoms with van der Waals surface area (Å²) in [5.74, 6) is -0.748. The van der Waals surface area contributed by atoms with Crippen molar-refractivity contribution < 1.29 is 15.3 Å². The molecule has 9 aromatic rings. The van der Waals surface area contributed by atoms with Gasteiger partial charge in [-0.15, -0.1) is 0 Å². The molecule has 4 aliphatic rings. The van der Waals surface area contributed by atoms with Gasteiger partial charge < -0.3 is 25.3 Å². The Bertz CT molecular complexity index is 3590. The minimum Gasteiger partial charge on any atom is -0.506 e. The highest BCUT2D eigenvalue weighted by Gasteiger charge is 2.23. The van der Waals surface area contributed by atoms with Crippen molar-refractivity contribution in [2.24, 2.45) is 9.98 Å². The molecule has 0 amide bonds. The third kappa shape index (κ3) is 6.80. The molecule has 9 heteroatoms. The molecule has 6 aromatic carbocycles. The summed E-state index contributed by atoms with van der Waals surface area (Å²) in [7, 11) is 0. The lowest BCUT2D eigenvalue weighted by molar-refractivity contribution is 0.470. The molecule has 5 N–H and O–H groups in total. The van der Waals surface area contributed by atoms with Crippen molar-refractivity contribution in [2.75, 3.05) is 0 Å². The molecular weight excluding hydrogens is 841 g/mol. The van der Waals surface area contributed by atoms with E-state index in [-0.39, 0.29) is 23.1 Å². The average Bonchev–Trinajstić information content (AvgIpc) is 4.22. The fourth-order valence-corrected chi connectivity index (χ4v) is 9.61. The summed E-state index contributed by atoms with van der Waals surface area (Å²) in [5, 5.41) is 36.0. The standard InChI is InChI=1S/C59H40N6O3/c1-34-37-20-12-21-38(34)58(67)64-43-24-10-8-18-40(43)55-49-30-26-45(60-49)53(35-14-4-2-5-15-35)47-28-32-51(62-47)56(41-19-9-11-25-44(41)65-59(68)42-23-13-22-39(37)57(42)66)52-33-29-48(63-52)54(36-16-6-3-7-17-36)46-27-31-50(55)61-46/h2-33,60,63,66H,1H3,(H,64,67)(H,65,68). The van der Waals surface area contributed by atoms with Crippen molar-refractivity contribution in [2.45, 2.75) is 6.92 Å². The number of hydrogen-bond acceptors (Lipinski definition) is 5. The van der Waals surface area contributed by atoms with Gasteiger partial charge in [-0.1, -0.05) is 121 Å². The number of benzene rings is 6. The zero-order valence-electron chi connectivity index (χ0n) is 36.6. The van der Waals surface area contributed by atoms with Gasteiger partial charge in [-0.2, -0.15) is 0 Å². The summed E-state index contributed by atoms with van der Waals surface area (Å²) in [5.41, 5.74) is 16.1. The first-order valence-electron chi connectivity index (χ1n) is 22.3. The van der Waals surface area contributed by atoms with Gasteiger partial charge in [0.1, 0.15) is 5.75 Å². The SMILES string of the molecule is Cc1c2cccc1-c1cccc(c1O)C(O)=Nc1ccccc1-c1c3nc(c(-c4ccccc4)c4ccc([nH]4)c(c4nc(c(-c5ccccc5)c5ccc1[nH]5)C=C4)-c1ccccc1N=C2O)C=C3. The quantitative estimate of drug-likeness (QED) is 0.117. The molecule has 0 saturated carbocycles. The van der Waals surface area contributed by atoms with Crippen LogP contribution in [-0.4, -0.2) is 47.1 Å². The molecule has 324 valence electrons. The Labute approximate surface area is 390 Å². The first kappa shape index (κ1) is 40.2. The number of para-hydroxylation sites is 3. The Kier molecular flexibility index (Phi) is 9.62. The monoisotopic (exact) mass is 880 g/mol. The highest BCUT2D eigenvalue weighted by molar-refractivity contribution is 6.05. The Balaban J connectivity index is 1.30. The van der Waals surface area contributed by atoms with E-state index in [2.05, 4.69) is 52.4 Å². The van der Waals surface area contributed by atoms with E-state index in [0.717, 1.165) is 72.4 Å². The Morgan fingerprint density at radius 1 is 0.338 bits per heavy atom. The number of aromatic hydroxyl groups is 1. The van der Waals surface area contributed by atoms with Crippen LogP contribution < -0.4 is 0 Å². The van der Waals surface area contributed by atoms with Crippen LogP contribution in [0.15, 0.2) is 180 Å². The molecule has 9 nitrogen and oxygen atoms in total. The summed E-state index contributed by atoms with van der Waals surface area (Å²) < 4.78 is 0. The van der Waals surface area contributed by atoms with Gasteiger partial charge in [0, 0.05) is 66.6 Å². The largest absolute Gasteiger partial charge is 0.506 e. The fraction of sp³-hybridized carbons (Fsp3) is 0.0169. The molecule has 4 aliphatic heterocycles. The van der Waals surface area contributed by atoms with Gasteiger partial charge >= 0.3 is 0 Å². The van der Waals surface area contributed by atoms with Crippen LogP contribution in [0, 0.1) is 6.92 Å². The van der Waals surface area contributed by atoms with E-state index in [1.54, 1.807) is 24.3 Å². The van der Waals surface area contributed by atoms with E-state index in [1.807, 2.05) is 134 Å². The maximum atomic E-state index is 12.1. The third-order valence-electron chi connectivity index (χ3n) is 12.8. The lowest BCUT2D eigenvalue weighted by Gasteiger charge is -2.14. The topological polar surface area (TPSA) is 143 Å². The molecule has 0 saturated heterocycles. The third-order valence-corrected chi connectivity index (χ3v) is 12.8. The number of hydrogen-bond donors (Lipinski definition) is 5. The van der Waals surface area contributed by atoms with E-state index in [4.69, 9.17) is 20.0 Å². The highest BCUT2D eigenvalue weighted by Crippen LogP contribution is 2.43. The fourth-order valence-electron chi connectivity index (χ4n) is 9.61. The number of nitrogens with zero attached hydrogens (tertiary/aromatic N) is 4. The molecule has 0 unspecified atom stereocenters. The van der Waals surface area contributed by atoms with E-state index < -0.39 is 0 Å². The predicted molar refractivity (Wildman–Crippen MR) is 277 cm³/mol. The number of aliphatic hydroxyl groups excluding tert-OH is 2. The number of H-pyrrole nitrogens is 2. The molecule has 0 aliphatic carbocycles. The molecular formula is C59H40N6O3. The van der Waals surface area contributed by atoms with Gasteiger partial charge in [0.15, 0.2) is 0 Å². The smallest absolute Gasteiger partial charge is 0.222 e. The molecule has 0 spiro atoms. The van der Waals surface area contributed by atoms with Crippen LogP contribution in [0.1, 0.15) is 39.5 Å². The zero-order valence-corrected chi connectivity index (χ0v) is 36.6. The minimum atomic E-state index is -0.377. The van der Waals surface area contributed by atoms with Crippen molar-refractivity contribution in [3.05, 3.63) is 209 Å². The van der Waals surface area contributed by atoms with Crippen LogP contribution in [0.4, 0.5) is 11.4 Å². The van der Waals surface area contributed by atoms with Gasteiger partial charge in [-0.05, 0) is 102 Å². The Morgan fingerprint density at radius 3 is 1.21 bits per heavy atom. The number of nitrogens with one attached hydrogen (secondary N) is 2. The van der Waals surface area contributed by atoms with E-state index >= 15 is 0 Å². The Morgan fingerprint density at radius 2 is 0.706 bits per heavy atom. The normalized spacial score (nSPS) is 12.7. The summed E-state index contributed by atoms with van der Waals surface area (Å²) in [6, 6.07) is 54.7. The van der Waals surface area contributed by atoms with Crippen LogP contribution in [0.3, 0.4) is 0 Å². The van der Waals surface area contributed by atoms with E-state index in [0.29, 0.717) is 50.6 Å².